The second-order valence-corrected chi connectivity index (χ2v) is 8.50. The molecule has 31 heavy (non-hydrogen) atoms. The fourth-order valence-corrected chi connectivity index (χ4v) is 4.63. The van der Waals surface area contributed by atoms with E-state index in [1.54, 1.807) is 11.8 Å². The molecule has 2 aromatic carbocycles. The number of rotatable bonds is 6. The molecular weight excluding hydrogens is 414 g/mol. The second-order valence-electron chi connectivity index (χ2n) is 7.47. The fraction of sp³-hybridized carbons (Fsp3) is 0.304. The molecule has 1 saturated heterocycles. The number of likely N-dealkylation sites (tertiary alicyclic amines) is 1. The average molecular weight is 438 g/mol. The molecule has 1 N–H and O–H groups in total. The predicted molar refractivity (Wildman–Crippen MR) is 118 cm³/mol. The van der Waals surface area contributed by atoms with Gasteiger partial charge in [0, 0.05) is 6.54 Å². The highest BCUT2D eigenvalue weighted by molar-refractivity contribution is 7.20. The number of alkyl carbamates (subject to hydrolysis) is 1. The summed E-state index contributed by atoms with van der Waals surface area (Å²) < 4.78 is 6.14. The SMILES string of the molecule is C[C@H](NC(=O)OCc1ccccc1)C(=O)N1CCC[C@H]1C(=O)c1nc2ccccc2s1. The summed E-state index contributed by atoms with van der Waals surface area (Å²) in [6, 6.07) is 15.5. The van der Waals surface area contributed by atoms with Crippen LogP contribution >= 0.6 is 11.3 Å². The van der Waals surface area contributed by atoms with E-state index in [9.17, 15) is 14.4 Å². The molecule has 0 bridgehead atoms. The number of hydrogen-bond donors (Lipinski definition) is 1. The van der Waals surface area contributed by atoms with E-state index >= 15 is 0 Å². The summed E-state index contributed by atoms with van der Waals surface area (Å²) in [5.41, 5.74) is 1.64. The van der Waals surface area contributed by atoms with Gasteiger partial charge in [-0.1, -0.05) is 42.5 Å². The molecule has 2 amide bonds. The Bertz CT molecular complexity index is 1070. The van der Waals surface area contributed by atoms with Gasteiger partial charge in [0.1, 0.15) is 12.6 Å². The van der Waals surface area contributed by atoms with Gasteiger partial charge < -0.3 is 15.0 Å². The van der Waals surface area contributed by atoms with Crippen LogP contribution in [-0.2, 0) is 16.1 Å². The minimum absolute atomic E-state index is 0.121. The third-order valence-electron chi connectivity index (χ3n) is 5.26. The number of ether oxygens (including phenoxy) is 1. The van der Waals surface area contributed by atoms with Gasteiger partial charge in [-0.2, -0.15) is 0 Å². The van der Waals surface area contributed by atoms with E-state index in [2.05, 4.69) is 10.3 Å². The maximum Gasteiger partial charge on any atom is 0.408 e. The summed E-state index contributed by atoms with van der Waals surface area (Å²) in [5.74, 6) is -0.445. The number of carbonyl (C=O) groups is 3. The van der Waals surface area contributed by atoms with Gasteiger partial charge in [0.05, 0.1) is 16.3 Å². The smallest absolute Gasteiger partial charge is 0.408 e. The van der Waals surface area contributed by atoms with E-state index in [4.69, 9.17) is 4.74 Å². The molecule has 160 valence electrons. The Morgan fingerprint density at radius 3 is 2.68 bits per heavy atom. The quantitative estimate of drug-likeness (QED) is 0.593. The van der Waals surface area contributed by atoms with Gasteiger partial charge >= 0.3 is 6.09 Å². The lowest BCUT2D eigenvalue weighted by molar-refractivity contribution is -0.133. The number of thiazole rings is 1. The normalized spacial score (nSPS) is 16.8. The monoisotopic (exact) mass is 437 g/mol. The van der Waals surface area contributed by atoms with Crippen LogP contribution in [0, 0.1) is 0 Å². The van der Waals surface area contributed by atoms with Gasteiger partial charge in [-0.3, -0.25) is 9.59 Å². The number of nitrogens with one attached hydrogen (secondary N) is 1. The maximum absolute atomic E-state index is 13.1. The van der Waals surface area contributed by atoms with Crippen LogP contribution in [0.15, 0.2) is 54.6 Å². The van der Waals surface area contributed by atoms with E-state index in [-0.39, 0.29) is 18.3 Å². The van der Waals surface area contributed by atoms with E-state index in [0.29, 0.717) is 18.0 Å². The third kappa shape index (κ3) is 4.74. The van der Waals surface area contributed by atoms with Crippen molar-refractivity contribution in [2.24, 2.45) is 0 Å². The Morgan fingerprint density at radius 2 is 1.90 bits per heavy atom. The van der Waals surface area contributed by atoms with Crippen molar-refractivity contribution in [2.45, 2.75) is 38.5 Å². The number of para-hydroxylation sites is 1. The maximum atomic E-state index is 13.1. The molecule has 4 rings (SSSR count). The molecule has 2 heterocycles. The van der Waals surface area contributed by atoms with Crippen molar-refractivity contribution in [3.8, 4) is 0 Å². The summed E-state index contributed by atoms with van der Waals surface area (Å²) >= 11 is 1.34. The van der Waals surface area contributed by atoms with Gasteiger partial charge in [-0.05, 0) is 37.5 Å². The zero-order valence-electron chi connectivity index (χ0n) is 17.1. The van der Waals surface area contributed by atoms with Crippen molar-refractivity contribution in [3.05, 3.63) is 65.2 Å². The van der Waals surface area contributed by atoms with Gasteiger partial charge in [0.15, 0.2) is 5.01 Å². The van der Waals surface area contributed by atoms with Crippen LogP contribution in [-0.4, -0.2) is 46.3 Å². The van der Waals surface area contributed by atoms with Crippen LogP contribution in [0.2, 0.25) is 0 Å². The lowest BCUT2D eigenvalue weighted by atomic mass is 10.1. The molecule has 1 aliphatic rings. The molecular formula is C23H23N3O4S. The highest BCUT2D eigenvalue weighted by Crippen LogP contribution is 2.27. The van der Waals surface area contributed by atoms with Crippen LogP contribution in [0.25, 0.3) is 10.2 Å². The van der Waals surface area contributed by atoms with E-state index in [1.807, 2.05) is 54.6 Å². The Kier molecular flexibility index (Phi) is 6.27. The van der Waals surface area contributed by atoms with Crippen molar-refractivity contribution in [2.75, 3.05) is 6.54 Å². The first kappa shape index (κ1) is 21.0. The lowest BCUT2D eigenvalue weighted by Crippen LogP contribution is -2.50. The minimum atomic E-state index is -0.799. The first-order chi connectivity index (χ1) is 15.0. The third-order valence-corrected chi connectivity index (χ3v) is 6.31. The Hall–Kier alpha value is -3.26. The number of carbonyl (C=O) groups excluding carboxylic acids is 3. The molecule has 0 aliphatic carbocycles. The Labute approximate surface area is 184 Å². The summed E-state index contributed by atoms with van der Waals surface area (Å²) in [6.45, 7) is 2.20. The molecule has 8 heteroatoms. The van der Waals surface area contributed by atoms with Gasteiger partial charge in [0.2, 0.25) is 11.7 Å². The van der Waals surface area contributed by atoms with E-state index in [1.165, 1.54) is 11.3 Å². The number of Topliss-reactive ketones (excluding diaryl/α,β-unsaturated/α-hetero) is 1. The summed E-state index contributed by atoms with van der Waals surface area (Å²) in [5, 5.41) is 2.98. The number of hydrogen-bond acceptors (Lipinski definition) is 6. The number of fused-ring (bicyclic) bond motifs is 1. The number of aromatic nitrogens is 1. The van der Waals surface area contributed by atoms with Crippen LogP contribution in [0.3, 0.4) is 0 Å². The van der Waals surface area contributed by atoms with Crippen LogP contribution < -0.4 is 5.32 Å². The molecule has 0 radical (unpaired) electrons. The highest BCUT2D eigenvalue weighted by Gasteiger charge is 2.37. The molecule has 1 aromatic heterocycles. The molecule has 0 unspecified atom stereocenters. The molecule has 1 aliphatic heterocycles. The Morgan fingerprint density at radius 1 is 1.16 bits per heavy atom. The summed E-state index contributed by atoms with van der Waals surface area (Å²) in [7, 11) is 0. The summed E-state index contributed by atoms with van der Waals surface area (Å²) in [4.78, 5) is 44.1. The molecule has 3 aromatic rings. The van der Waals surface area contributed by atoms with Gasteiger partial charge in [0.25, 0.3) is 0 Å². The molecule has 2 atom stereocenters. The summed E-state index contributed by atoms with van der Waals surface area (Å²) in [6.07, 6.45) is 0.655. The zero-order valence-corrected chi connectivity index (χ0v) is 17.9. The molecule has 0 spiro atoms. The minimum Gasteiger partial charge on any atom is -0.445 e. The van der Waals surface area contributed by atoms with Crippen LogP contribution in [0.5, 0.6) is 0 Å². The lowest BCUT2D eigenvalue weighted by Gasteiger charge is -2.26. The van der Waals surface area contributed by atoms with E-state index < -0.39 is 18.2 Å². The van der Waals surface area contributed by atoms with E-state index in [0.717, 1.165) is 22.2 Å². The number of benzene rings is 2. The topological polar surface area (TPSA) is 88.6 Å². The number of nitrogens with zero attached hydrogens (tertiary/aromatic N) is 2. The standard InChI is InChI=1S/C23H23N3O4S/c1-15(24-23(29)30-14-16-8-3-2-4-9-16)22(28)26-13-7-11-18(26)20(27)21-25-17-10-5-6-12-19(17)31-21/h2-6,8-10,12,15,18H,7,11,13-14H2,1H3,(H,24,29)/t15-,18-/m0/s1. The first-order valence-corrected chi connectivity index (χ1v) is 11.0. The van der Waals surface area contributed by atoms with Crippen molar-refractivity contribution in [3.63, 3.8) is 0 Å². The second kappa shape index (κ2) is 9.26. The Balaban J connectivity index is 1.37. The number of ketones is 1. The largest absolute Gasteiger partial charge is 0.445 e. The van der Waals surface area contributed by atoms with Crippen LogP contribution in [0.1, 0.15) is 35.1 Å². The molecule has 0 saturated carbocycles. The van der Waals surface area contributed by atoms with Crippen LogP contribution in [0.4, 0.5) is 4.79 Å². The average Bonchev–Trinajstić information content (AvgIpc) is 3.44. The van der Waals surface area contributed by atoms with Gasteiger partial charge in [-0.25, -0.2) is 9.78 Å². The van der Waals surface area contributed by atoms with Crippen molar-refractivity contribution < 1.29 is 19.1 Å². The van der Waals surface area contributed by atoms with Gasteiger partial charge in [-0.15, -0.1) is 11.3 Å². The number of amides is 2. The van der Waals surface area contributed by atoms with Crippen molar-refractivity contribution in [1.82, 2.24) is 15.2 Å². The van der Waals surface area contributed by atoms with Crippen molar-refractivity contribution >= 4 is 39.3 Å². The fourth-order valence-electron chi connectivity index (χ4n) is 3.68. The highest BCUT2D eigenvalue weighted by atomic mass is 32.1. The zero-order chi connectivity index (χ0) is 21.8. The van der Waals surface area contributed by atoms with Crippen molar-refractivity contribution in [1.29, 1.82) is 0 Å². The molecule has 1 fully saturated rings. The first-order valence-electron chi connectivity index (χ1n) is 10.2. The molecule has 7 nitrogen and oxygen atoms in total. The predicted octanol–water partition coefficient (Wildman–Crippen LogP) is 3.78.